The minimum Gasteiger partial charge on any atom is -0.398 e. The third-order valence-electron chi connectivity index (χ3n) is 1.74. The summed E-state index contributed by atoms with van der Waals surface area (Å²) in [6.07, 6.45) is -4.58. The second-order valence-corrected chi connectivity index (χ2v) is 2.79. The van der Waals surface area contributed by atoms with E-state index in [1.54, 1.807) is 0 Å². The maximum absolute atomic E-state index is 12.5. The van der Waals surface area contributed by atoms with Gasteiger partial charge in [-0.2, -0.15) is 13.2 Å². The standard InChI is InChI=1S/C8H8F4N2/c9-4-1-2-5(6(13)3-4)7(14)8(10,11)12/h1-3,7H,13-14H2/t7-/m1/s1. The zero-order valence-corrected chi connectivity index (χ0v) is 6.98. The average Bonchev–Trinajstić information content (AvgIpc) is 2.01. The van der Waals surface area contributed by atoms with Gasteiger partial charge in [0.25, 0.3) is 0 Å². The Bertz CT molecular complexity index is 335. The highest BCUT2D eigenvalue weighted by atomic mass is 19.4. The Kier molecular flexibility index (Phi) is 2.66. The molecule has 1 aromatic carbocycles. The fourth-order valence-electron chi connectivity index (χ4n) is 1.01. The van der Waals surface area contributed by atoms with Gasteiger partial charge in [-0.25, -0.2) is 4.39 Å². The summed E-state index contributed by atoms with van der Waals surface area (Å²) in [6, 6.07) is 0.448. The van der Waals surface area contributed by atoms with Crippen LogP contribution in [0.4, 0.5) is 23.2 Å². The van der Waals surface area contributed by atoms with Gasteiger partial charge in [0, 0.05) is 11.3 Å². The van der Waals surface area contributed by atoms with Crippen molar-refractivity contribution in [1.29, 1.82) is 0 Å². The second-order valence-electron chi connectivity index (χ2n) is 2.79. The Balaban J connectivity index is 3.08. The van der Waals surface area contributed by atoms with Crippen LogP contribution in [0.1, 0.15) is 11.6 Å². The first-order chi connectivity index (χ1) is 6.32. The summed E-state index contributed by atoms with van der Waals surface area (Å²) >= 11 is 0. The molecule has 0 saturated carbocycles. The summed E-state index contributed by atoms with van der Waals surface area (Å²) in [7, 11) is 0. The van der Waals surface area contributed by atoms with Crippen LogP contribution in [0.15, 0.2) is 18.2 Å². The van der Waals surface area contributed by atoms with E-state index < -0.39 is 18.0 Å². The summed E-state index contributed by atoms with van der Waals surface area (Å²) in [5.74, 6) is -0.694. The molecule has 0 bridgehead atoms. The molecule has 0 amide bonds. The summed E-state index contributed by atoms with van der Waals surface area (Å²) < 4.78 is 48.9. The van der Waals surface area contributed by atoms with Crippen LogP contribution in [0.5, 0.6) is 0 Å². The van der Waals surface area contributed by atoms with Gasteiger partial charge < -0.3 is 11.5 Å². The predicted molar refractivity (Wildman–Crippen MR) is 43.8 cm³/mol. The van der Waals surface area contributed by atoms with Crippen molar-refractivity contribution in [2.45, 2.75) is 12.2 Å². The van der Waals surface area contributed by atoms with Gasteiger partial charge in [0.2, 0.25) is 0 Å². The topological polar surface area (TPSA) is 52.0 Å². The molecule has 6 heteroatoms. The van der Waals surface area contributed by atoms with Crippen LogP contribution in [0.2, 0.25) is 0 Å². The van der Waals surface area contributed by atoms with Crippen molar-refractivity contribution in [3.8, 4) is 0 Å². The lowest BCUT2D eigenvalue weighted by Crippen LogP contribution is -2.29. The van der Waals surface area contributed by atoms with Crippen LogP contribution >= 0.6 is 0 Å². The fraction of sp³-hybridized carbons (Fsp3) is 0.250. The van der Waals surface area contributed by atoms with Crippen molar-refractivity contribution in [1.82, 2.24) is 0 Å². The summed E-state index contributed by atoms with van der Waals surface area (Å²) in [6.45, 7) is 0. The predicted octanol–water partition coefficient (Wildman–Crippen LogP) is 1.97. The number of nitrogens with two attached hydrogens (primary N) is 2. The molecule has 0 saturated heterocycles. The van der Waals surface area contributed by atoms with Gasteiger partial charge in [-0.3, -0.25) is 0 Å². The third kappa shape index (κ3) is 2.14. The van der Waals surface area contributed by atoms with E-state index in [0.29, 0.717) is 0 Å². The van der Waals surface area contributed by atoms with Crippen molar-refractivity contribution in [3.63, 3.8) is 0 Å². The highest BCUT2D eigenvalue weighted by molar-refractivity contribution is 5.49. The molecule has 14 heavy (non-hydrogen) atoms. The Morgan fingerprint density at radius 3 is 2.21 bits per heavy atom. The van der Waals surface area contributed by atoms with Crippen molar-refractivity contribution in [2.24, 2.45) is 5.73 Å². The molecule has 0 aromatic heterocycles. The largest absolute Gasteiger partial charge is 0.407 e. The number of benzene rings is 1. The number of rotatable bonds is 1. The maximum atomic E-state index is 12.5. The van der Waals surface area contributed by atoms with Crippen LogP contribution < -0.4 is 11.5 Å². The molecule has 0 aliphatic heterocycles. The highest BCUT2D eigenvalue weighted by Crippen LogP contribution is 2.33. The van der Waals surface area contributed by atoms with Crippen molar-refractivity contribution < 1.29 is 17.6 Å². The van der Waals surface area contributed by atoms with Crippen LogP contribution in [-0.2, 0) is 0 Å². The average molecular weight is 208 g/mol. The van der Waals surface area contributed by atoms with Crippen LogP contribution in [0, 0.1) is 5.82 Å². The van der Waals surface area contributed by atoms with Gasteiger partial charge >= 0.3 is 6.18 Å². The zero-order chi connectivity index (χ0) is 10.9. The molecule has 0 radical (unpaired) electrons. The number of alkyl halides is 3. The minimum atomic E-state index is -4.58. The molecule has 1 atom stereocenters. The smallest absolute Gasteiger partial charge is 0.398 e. The monoisotopic (exact) mass is 208 g/mol. The minimum absolute atomic E-state index is 0.296. The Morgan fingerprint density at radius 2 is 1.79 bits per heavy atom. The molecular formula is C8H8F4N2. The molecular weight excluding hydrogens is 200 g/mol. The summed E-state index contributed by atoms with van der Waals surface area (Å²) in [4.78, 5) is 0. The van der Waals surface area contributed by atoms with E-state index in [2.05, 4.69) is 0 Å². The van der Waals surface area contributed by atoms with E-state index in [4.69, 9.17) is 11.5 Å². The summed E-state index contributed by atoms with van der Waals surface area (Å²) in [5, 5.41) is 0. The van der Waals surface area contributed by atoms with E-state index in [1.165, 1.54) is 0 Å². The third-order valence-corrected chi connectivity index (χ3v) is 1.74. The lowest BCUT2D eigenvalue weighted by molar-refractivity contribution is -0.149. The lowest BCUT2D eigenvalue weighted by Gasteiger charge is -2.17. The maximum Gasteiger partial charge on any atom is 0.407 e. The Hall–Kier alpha value is -1.30. The van der Waals surface area contributed by atoms with Crippen LogP contribution in [-0.4, -0.2) is 6.18 Å². The van der Waals surface area contributed by atoms with Crippen LogP contribution in [0.25, 0.3) is 0 Å². The molecule has 1 rings (SSSR count). The van der Waals surface area contributed by atoms with E-state index in [-0.39, 0.29) is 11.3 Å². The molecule has 0 heterocycles. The molecule has 4 N–H and O–H groups in total. The molecule has 78 valence electrons. The normalized spacial score (nSPS) is 14.1. The Labute approximate surface area is 77.5 Å². The second kappa shape index (κ2) is 3.45. The number of halogens is 4. The van der Waals surface area contributed by atoms with E-state index in [0.717, 1.165) is 18.2 Å². The first-order valence-electron chi connectivity index (χ1n) is 3.69. The van der Waals surface area contributed by atoms with Gasteiger partial charge in [-0.05, 0) is 12.1 Å². The van der Waals surface area contributed by atoms with Crippen molar-refractivity contribution in [2.75, 3.05) is 5.73 Å². The fourth-order valence-corrected chi connectivity index (χ4v) is 1.01. The highest BCUT2D eigenvalue weighted by Gasteiger charge is 2.38. The molecule has 0 aliphatic rings. The molecule has 0 spiro atoms. The van der Waals surface area contributed by atoms with Crippen molar-refractivity contribution in [3.05, 3.63) is 29.6 Å². The van der Waals surface area contributed by atoms with E-state index in [9.17, 15) is 17.6 Å². The quantitative estimate of drug-likeness (QED) is 0.547. The molecule has 1 aromatic rings. The number of anilines is 1. The van der Waals surface area contributed by atoms with Gasteiger partial charge in [0.15, 0.2) is 0 Å². The number of nitrogen functional groups attached to an aromatic ring is 1. The van der Waals surface area contributed by atoms with Gasteiger partial charge in [0.1, 0.15) is 11.9 Å². The lowest BCUT2D eigenvalue weighted by atomic mass is 10.1. The molecule has 0 fully saturated rings. The number of hydrogen-bond donors (Lipinski definition) is 2. The first kappa shape index (κ1) is 10.8. The van der Waals surface area contributed by atoms with Gasteiger partial charge in [-0.1, -0.05) is 6.07 Å². The van der Waals surface area contributed by atoms with E-state index >= 15 is 0 Å². The number of hydrogen-bond acceptors (Lipinski definition) is 2. The SMILES string of the molecule is Nc1cc(F)ccc1[C@@H](N)C(F)(F)F. The summed E-state index contributed by atoms with van der Waals surface area (Å²) in [5.41, 5.74) is 9.48. The zero-order valence-electron chi connectivity index (χ0n) is 6.98. The Morgan fingerprint density at radius 1 is 1.21 bits per heavy atom. The molecule has 0 unspecified atom stereocenters. The first-order valence-corrected chi connectivity index (χ1v) is 3.69. The molecule has 0 aliphatic carbocycles. The van der Waals surface area contributed by atoms with Crippen molar-refractivity contribution >= 4 is 5.69 Å². The van der Waals surface area contributed by atoms with Crippen LogP contribution in [0.3, 0.4) is 0 Å². The van der Waals surface area contributed by atoms with E-state index in [1.807, 2.05) is 0 Å². The van der Waals surface area contributed by atoms with Gasteiger partial charge in [-0.15, -0.1) is 0 Å². The van der Waals surface area contributed by atoms with Gasteiger partial charge in [0.05, 0.1) is 0 Å². The molecule has 2 nitrogen and oxygen atoms in total.